The van der Waals surface area contributed by atoms with Crippen LogP contribution in [0.15, 0.2) is 65.3 Å². The average Bonchev–Trinajstić information content (AvgIpc) is 3.46. The van der Waals surface area contributed by atoms with Crippen LogP contribution in [0.3, 0.4) is 0 Å². The summed E-state index contributed by atoms with van der Waals surface area (Å²) < 4.78 is 42.5. The van der Waals surface area contributed by atoms with Crippen molar-refractivity contribution in [2.45, 2.75) is 12.3 Å². The van der Waals surface area contributed by atoms with Gasteiger partial charge in [0.1, 0.15) is 33.2 Å². The van der Waals surface area contributed by atoms with E-state index in [4.69, 9.17) is 13.9 Å². The monoisotopic (exact) mass is 486 g/mol. The fourth-order valence-electron chi connectivity index (χ4n) is 3.36. The van der Waals surface area contributed by atoms with E-state index in [0.29, 0.717) is 38.2 Å². The van der Waals surface area contributed by atoms with Crippen molar-refractivity contribution in [1.82, 2.24) is 4.98 Å². The van der Waals surface area contributed by atoms with E-state index in [-0.39, 0.29) is 12.3 Å². The van der Waals surface area contributed by atoms with Crippen LogP contribution in [-0.2, 0) is 26.9 Å². The lowest BCUT2D eigenvalue weighted by Crippen LogP contribution is -2.35. The molecule has 8 nitrogen and oxygen atoms in total. The molecule has 4 rings (SSSR count). The molecule has 0 fully saturated rings. The van der Waals surface area contributed by atoms with Crippen LogP contribution in [-0.4, -0.2) is 39.3 Å². The summed E-state index contributed by atoms with van der Waals surface area (Å²) in [7, 11) is -0.642. The Kier molecular flexibility index (Phi) is 6.66. The lowest BCUT2D eigenvalue weighted by atomic mass is 10.2. The molecule has 0 atom stereocenters. The van der Waals surface area contributed by atoms with Crippen LogP contribution in [0.5, 0.6) is 11.5 Å². The van der Waals surface area contributed by atoms with Crippen molar-refractivity contribution in [2.24, 2.45) is 0 Å². The van der Waals surface area contributed by atoms with Crippen LogP contribution in [0.1, 0.15) is 11.3 Å². The van der Waals surface area contributed by atoms with E-state index in [9.17, 15) is 13.2 Å². The van der Waals surface area contributed by atoms with Gasteiger partial charge >= 0.3 is 0 Å². The Hall–Kier alpha value is -3.37. The highest BCUT2D eigenvalue weighted by Gasteiger charge is 2.27. The summed E-state index contributed by atoms with van der Waals surface area (Å²) in [4.78, 5) is 19.2. The van der Waals surface area contributed by atoms with Gasteiger partial charge in [0.15, 0.2) is 15.0 Å². The van der Waals surface area contributed by atoms with Crippen LogP contribution in [0.2, 0.25) is 0 Å². The highest BCUT2D eigenvalue weighted by Crippen LogP contribution is 2.40. The Morgan fingerprint density at radius 1 is 1.03 bits per heavy atom. The smallest absolute Gasteiger partial charge is 0.244 e. The Balaban J connectivity index is 1.69. The number of amides is 1. The summed E-state index contributed by atoms with van der Waals surface area (Å²) >= 11 is 1.22. The lowest BCUT2D eigenvalue weighted by molar-refractivity contribution is -0.116. The van der Waals surface area contributed by atoms with E-state index >= 15 is 0 Å². The molecule has 2 heterocycles. The van der Waals surface area contributed by atoms with Crippen molar-refractivity contribution in [3.05, 3.63) is 72.2 Å². The van der Waals surface area contributed by atoms with Gasteiger partial charge in [-0.2, -0.15) is 0 Å². The quantitative estimate of drug-likeness (QED) is 0.352. The molecule has 4 aromatic rings. The van der Waals surface area contributed by atoms with Gasteiger partial charge in [0, 0.05) is 0 Å². The fraction of sp³-hybridized carbons (Fsp3) is 0.217. The molecule has 0 aliphatic heterocycles. The zero-order valence-corrected chi connectivity index (χ0v) is 19.7. The number of methoxy groups -OCH3 is 2. The summed E-state index contributed by atoms with van der Waals surface area (Å²) in [6.45, 7) is 0.0388. The molecule has 1 amide bonds. The summed E-state index contributed by atoms with van der Waals surface area (Å²) in [5.41, 5.74) is 1.15. The molecular formula is C23H22N2O6S2. The fourth-order valence-corrected chi connectivity index (χ4v) is 5.78. The molecule has 0 unspecified atom stereocenters. The first-order valence-corrected chi connectivity index (χ1v) is 12.6. The number of ether oxygens (including phenoxy) is 2. The molecule has 0 saturated heterocycles. The molecule has 0 saturated carbocycles. The van der Waals surface area contributed by atoms with E-state index < -0.39 is 21.5 Å². The van der Waals surface area contributed by atoms with Crippen LogP contribution in [0, 0.1) is 0 Å². The number of benzene rings is 2. The number of hydrogen-bond acceptors (Lipinski definition) is 8. The van der Waals surface area contributed by atoms with Gasteiger partial charge in [-0.1, -0.05) is 41.7 Å². The van der Waals surface area contributed by atoms with Gasteiger partial charge in [0.2, 0.25) is 5.91 Å². The van der Waals surface area contributed by atoms with Crippen molar-refractivity contribution < 1.29 is 27.1 Å². The second-order valence-electron chi connectivity index (χ2n) is 7.22. The van der Waals surface area contributed by atoms with Gasteiger partial charge in [-0.25, -0.2) is 13.4 Å². The first kappa shape index (κ1) is 22.8. The van der Waals surface area contributed by atoms with E-state index in [0.717, 1.165) is 0 Å². The highest BCUT2D eigenvalue weighted by atomic mass is 32.2. The minimum Gasteiger partial charge on any atom is -0.495 e. The molecule has 172 valence electrons. The molecule has 0 bridgehead atoms. The Labute approximate surface area is 195 Å². The van der Waals surface area contributed by atoms with Crippen LogP contribution in [0.4, 0.5) is 5.13 Å². The molecule has 2 aromatic heterocycles. The number of furan rings is 1. The average molecular weight is 487 g/mol. The predicted octanol–water partition coefficient (Wildman–Crippen LogP) is 4.05. The summed E-state index contributed by atoms with van der Waals surface area (Å²) in [6.07, 6.45) is 1.49. The number of anilines is 1. The molecule has 0 radical (unpaired) electrons. The molecule has 2 aromatic carbocycles. The van der Waals surface area contributed by atoms with Gasteiger partial charge in [0.25, 0.3) is 0 Å². The Morgan fingerprint density at radius 3 is 2.42 bits per heavy atom. The van der Waals surface area contributed by atoms with Crippen LogP contribution < -0.4 is 14.4 Å². The topological polar surface area (TPSA) is 98.9 Å². The van der Waals surface area contributed by atoms with Crippen molar-refractivity contribution in [3.63, 3.8) is 0 Å². The third-order valence-electron chi connectivity index (χ3n) is 4.90. The number of carbonyl (C=O) groups excluding carboxylic acids is 1. The minimum absolute atomic E-state index is 0.0388. The van der Waals surface area contributed by atoms with Gasteiger partial charge in [0.05, 0.1) is 32.8 Å². The number of aromatic nitrogens is 1. The zero-order chi connectivity index (χ0) is 23.4. The molecule has 0 aliphatic carbocycles. The van der Waals surface area contributed by atoms with Gasteiger partial charge < -0.3 is 13.9 Å². The number of hydrogen-bond donors (Lipinski definition) is 0. The van der Waals surface area contributed by atoms with Crippen LogP contribution >= 0.6 is 11.3 Å². The van der Waals surface area contributed by atoms with E-state index in [1.807, 2.05) is 6.07 Å². The standard InChI is InChI=1S/C23H22N2O6S2/c1-29-18-10-11-19(30-2)22-21(18)24-23(32-22)25(13-17-9-6-12-31-17)20(26)15-33(27,28)14-16-7-4-3-5-8-16/h3-12H,13-15H2,1-2H3. The first-order valence-electron chi connectivity index (χ1n) is 9.99. The van der Waals surface area contributed by atoms with Crippen molar-refractivity contribution in [1.29, 1.82) is 0 Å². The Morgan fingerprint density at radius 2 is 1.76 bits per heavy atom. The molecule has 33 heavy (non-hydrogen) atoms. The predicted molar refractivity (Wildman–Crippen MR) is 127 cm³/mol. The first-order chi connectivity index (χ1) is 15.9. The van der Waals surface area contributed by atoms with Gasteiger partial charge in [-0.15, -0.1) is 0 Å². The van der Waals surface area contributed by atoms with E-state index in [1.165, 1.54) is 29.6 Å². The van der Waals surface area contributed by atoms with Crippen LogP contribution in [0.25, 0.3) is 10.2 Å². The number of thiazole rings is 1. The van der Waals surface area contributed by atoms with Gasteiger partial charge in [-0.3, -0.25) is 9.69 Å². The SMILES string of the molecule is COc1ccc(OC)c2sc(N(Cc3ccco3)C(=O)CS(=O)(=O)Cc3ccccc3)nc12. The normalized spacial score (nSPS) is 11.5. The Bertz CT molecular complexity index is 1310. The van der Waals surface area contributed by atoms with Crippen molar-refractivity contribution >= 4 is 42.4 Å². The van der Waals surface area contributed by atoms with Crippen molar-refractivity contribution in [2.75, 3.05) is 24.9 Å². The molecule has 10 heteroatoms. The summed E-state index contributed by atoms with van der Waals surface area (Å²) in [5, 5.41) is 0.323. The maximum Gasteiger partial charge on any atom is 0.244 e. The van der Waals surface area contributed by atoms with E-state index in [2.05, 4.69) is 4.98 Å². The number of rotatable bonds is 9. The van der Waals surface area contributed by atoms with Crippen molar-refractivity contribution in [3.8, 4) is 11.5 Å². The maximum atomic E-state index is 13.3. The number of carbonyl (C=O) groups is 1. The minimum atomic E-state index is -3.72. The molecule has 0 N–H and O–H groups in total. The zero-order valence-electron chi connectivity index (χ0n) is 18.1. The van der Waals surface area contributed by atoms with E-state index in [1.54, 1.807) is 55.6 Å². The number of nitrogens with zero attached hydrogens (tertiary/aromatic N) is 2. The second kappa shape index (κ2) is 9.63. The lowest BCUT2D eigenvalue weighted by Gasteiger charge is -2.18. The highest BCUT2D eigenvalue weighted by molar-refractivity contribution is 7.91. The maximum absolute atomic E-state index is 13.3. The molecule has 0 spiro atoms. The third kappa shape index (κ3) is 5.18. The molecule has 0 aliphatic rings. The summed E-state index contributed by atoms with van der Waals surface area (Å²) in [6, 6.07) is 15.7. The largest absolute Gasteiger partial charge is 0.495 e. The molecular weight excluding hydrogens is 464 g/mol. The van der Waals surface area contributed by atoms with Gasteiger partial charge in [-0.05, 0) is 29.8 Å². The second-order valence-corrected chi connectivity index (χ2v) is 10.3. The third-order valence-corrected chi connectivity index (χ3v) is 7.45. The number of fused-ring (bicyclic) bond motifs is 1. The summed E-state index contributed by atoms with van der Waals surface area (Å²) in [5.74, 6) is 0.121. The number of sulfone groups is 1.